The highest BCUT2D eigenvalue weighted by Gasteiger charge is 2.36. The maximum Gasteiger partial charge on any atom is 0.160 e. The SMILES string of the molecule is CC1(C)c2ccccc2-c2c(-c3ccc(-c4cc(-c5cc(-c6ccccc6)cc6ccccc56)nc(-c5ccccc5)n4)c4ccccc34)cccc21. The van der Waals surface area contributed by atoms with Crippen LogP contribution in [-0.2, 0) is 5.41 Å². The number of hydrogen-bond donors (Lipinski definition) is 0. The summed E-state index contributed by atoms with van der Waals surface area (Å²) in [5.41, 5.74) is 15.2. The molecule has 9 aromatic rings. The molecule has 53 heavy (non-hydrogen) atoms. The molecule has 0 amide bonds. The Morgan fingerprint density at radius 2 is 0.925 bits per heavy atom. The molecule has 1 aliphatic carbocycles. The van der Waals surface area contributed by atoms with Gasteiger partial charge >= 0.3 is 0 Å². The van der Waals surface area contributed by atoms with Crippen LogP contribution >= 0.6 is 0 Å². The van der Waals surface area contributed by atoms with Crippen LogP contribution < -0.4 is 0 Å². The molecule has 1 aliphatic rings. The van der Waals surface area contributed by atoms with Crippen molar-refractivity contribution < 1.29 is 0 Å². The number of hydrogen-bond acceptors (Lipinski definition) is 2. The quantitative estimate of drug-likeness (QED) is 0.181. The van der Waals surface area contributed by atoms with Gasteiger partial charge in [0.15, 0.2) is 5.82 Å². The van der Waals surface area contributed by atoms with Crippen LogP contribution in [-0.4, -0.2) is 9.97 Å². The molecule has 0 unspecified atom stereocenters. The largest absolute Gasteiger partial charge is 0.228 e. The second kappa shape index (κ2) is 12.3. The van der Waals surface area contributed by atoms with Gasteiger partial charge in [-0.3, -0.25) is 0 Å². The number of fused-ring (bicyclic) bond motifs is 5. The minimum absolute atomic E-state index is 0.0646. The predicted octanol–water partition coefficient (Wildman–Crippen LogP) is 13.4. The minimum Gasteiger partial charge on any atom is -0.228 e. The van der Waals surface area contributed by atoms with E-state index in [4.69, 9.17) is 9.97 Å². The smallest absolute Gasteiger partial charge is 0.160 e. The van der Waals surface area contributed by atoms with E-state index in [9.17, 15) is 0 Å². The Kier molecular flexibility index (Phi) is 7.19. The molecule has 0 spiro atoms. The molecular weight excluding hydrogens is 641 g/mol. The molecule has 2 nitrogen and oxygen atoms in total. The summed E-state index contributed by atoms with van der Waals surface area (Å²) in [4.78, 5) is 10.6. The van der Waals surface area contributed by atoms with Gasteiger partial charge in [0.25, 0.3) is 0 Å². The lowest BCUT2D eigenvalue weighted by atomic mass is 9.81. The molecule has 0 fully saturated rings. The van der Waals surface area contributed by atoms with E-state index in [1.165, 1.54) is 55.1 Å². The Hall–Kier alpha value is -6.64. The molecule has 0 radical (unpaired) electrons. The average Bonchev–Trinajstić information content (AvgIpc) is 3.46. The van der Waals surface area contributed by atoms with Gasteiger partial charge in [0.05, 0.1) is 11.4 Å². The van der Waals surface area contributed by atoms with Gasteiger partial charge < -0.3 is 0 Å². The van der Waals surface area contributed by atoms with E-state index in [-0.39, 0.29) is 5.41 Å². The molecular formula is C51H36N2. The molecule has 0 N–H and O–H groups in total. The first-order valence-corrected chi connectivity index (χ1v) is 18.3. The normalized spacial score (nSPS) is 12.9. The van der Waals surface area contributed by atoms with Crippen LogP contribution in [0.1, 0.15) is 25.0 Å². The summed E-state index contributed by atoms with van der Waals surface area (Å²) in [7, 11) is 0. The van der Waals surface area contributed by atoms with Crippen LogP contribution in [0.3, 0.4) is 0 Å². The fraction of sp³-hybridized carbons (Fsp3) is 0.0588. The van der Waals surface area contributed by atoms with Crippen LogP contribution in [0.5, 0.6) is 0 Å². The van der Waals surface area contributed by atoms with Gasteiger partial charge in [0.2, 0.25) is 0 Å². The number of nitrogens with zero attached hydrogens (tertiary/aromatic N) is 2. The van der Waals surface area contributed by atoms with Gasteiger partial charge in [-0.15, -0.1) is 0 Å². The second-order valence-electron chi connectivity index (χ2n) is 14.5. The van der Waals surface area contributed by atoms with Gasteiger partial charge in [-0.05, 0) is 84.3 Å². The molecule has 1 aromatic heterocycles. The molecule has 0 saturated heterocycles. The summed E-state index contributed by atoms with van der Waals surface area (Å²) in [5, 5.41) is 4.72. The van der Waals surface area contributed by atoms with Crippen LogP contribution in [0.15, 0.2) is 182 Å². The van der Waals surface area contributed by atoms with E-state index < -0.39 is 0 Å². The van der Waals surface area contributed by atoms with E-state index in [1.807, 2.05) is 6.07 Å². The predicted molar refractivity (Wildman–Crippen MR) is 222 cm³/mol. The zero-order chi connectivity index (χ0) is 35.5. The molecule has 0 bridgehead atoms. The molecule has 0 saturated carbocycles. The zero-order valence-electron chi connectivity index (χ0n) is 29.7. The molecule has 0 aliphatic heterocycles. The maximum absolute atomic E-state index is 5.31. The van der Waals surface area contributed by atoms with Crippen LogP contribution in [0.2, 0.25) is 0 Å². The Morgan fingerprint density at radius 1 is 0.358 bits per heavy atom. The van der Waals surface area contributed by atoms with Gasteiger partial charge in [-0.2, -0.15) is 0 Å². The van der Waals surface area contributed by atoms with Crippen molar-refractivity contribution in [1.82, 2.24) is 9.97 Å². The number of rotatable bonds is 5. The highest BCUT2D eigenvalue weighted by molar-refractivity contribution is 6.08. The van der Waals surface area contributed by atoms with E-state index in [0.717, 1.165) is 39.0 Å². The molecule has 2 heteroatoms. The fourth-order valence-electron chi connectivity index (χ4n) is 8.50. The zero-order valence-corrected chi connectivity index (χ0v) is 29.7. The Labute approximate surface area is 310 Å². The number of benzene rings is 8. The van der Waals surface area contributed by atoms with E-state index in [2.05, 4.69) is 190 Å². The second-order valence-corrected chi connectivity index (χ2v) is 14.5. The highest BCUT2D eigenvalue weighted by Crippen LogP contribution is 2.53. The van der Waals surface area contributed by atoms with Gasteiger partial charge in [0.1, 0.15) is 0 Å². The summed E-state index contributed by atoms with van der Waals surface area (Å²) in [5.74, 6) is 0.708. The Morgan fingerprint density at radius 3 is 1.70 bits per heavy atom. The van der Waals surface area contributed by atoms with Crippen LogP contribution in [0.25, 0.3) is 88.8 Å². The lowest BCUT2D eigenvalue weighted by molar-refractivity contribution is 0.660. The summed E-state index contributed by atoms with van der Waals surface area (Å²) < 4.78 is 0. The highest BCUT2D eigenvalue weighted by atomic mass is 14.9. The average molecular weight is 677 g/mol. The van der Waals surface area contributed by atoms with E-state index >= 15 is 0 Å². The summed E-state index contributed by atoms with van der Waals surface area (Å²) in [6, 6.07) is 65.4. The monoisotopic (exact) mass is 676 g/mol. The lowest BCUT2D eigenvalue weighted by Gasteiger charge is -2.22. The van der Waals surface area contributed by atoms with Crippen molar-refractivity contribution >= 4 is 21.5 Å². The number of aromatic nitrogens is 2. The molecule has 0 atom stereocenters. The van der Waals surface area contributed by atoms with Gasteiger partial charge in [-0.1, -0.05) is 178 Å². The summed E-state index contributed by atoms with van der Waals surface area (Å²) >= 11 is 0. The van der Waals surface area contributed by atoms with E-state index in [0.29, 0.717) is 5.82 Å². The molecule has 250 valence electrons. The van der Waals surface area contributed by atoms with Crippen molar-refractivity contribution in [3.8, 4) is 67.3 Å². The summed E-state index contributed by atoms with van der Waals surface area (Å²) in [6.07, 6.45) is 0. The summed E-state index contributed by atoms with van der Waals surface area (Å²) in [6.45, 7) is 4.69. The van der Waals surface area contributed by atoms with Crippen LogP contribution in [0.4, 0.5) is 0 Å². The van der Waals surface area contributed by atoms with Crippen molar-refractivity contribution in [3.05, 3.63) is 193 Å². The Balaban J connectivity index is 1.21. The minimum atomic E-state index is -0.0646. The van der Waals surface area contributed by atoms with E-state index in [1.54, 1.807) is 0 Å². The first-order chi connectivity index (χ1) is 26.0. The third-order valence-electron chi connectivity index (χ3n) is 11.1. The fourth-order valence-corrected chi connectivity index (χ4v) is 8.50. The van der Waals surface area contributed by atoms with Crippen molar-refractivity contribution in [1.29, 1.82) is 0 Å². The molecule has 1 heterocycles. The third kappa shape index (κ3) is 5.10. The first-order valence-electron chi connectivity index (χ1n) is 18.3. The maximum atomic E-state index is 5.31. The Bertz CT molecular complexity index is 2850. The first kappa shape index (κ1) is 31.1. The molecule has 10 rings (SSSR count). The lowest BCUT2D eigenvalue weighted by Crippen LogP contribution is -2.14. The van der Waals surface area contributed by atoms with Crippen molar-refractivity contribution in [2.75, 3.05) is 0 Å². The third-order valence-corrected chi connectivity index (χ3v) is 11.1. The van der Waals surface area contributed by atoms with Crippen LogP contribution in [0, 0.1) is 0 Å². The van der Waals surface area contributed by atoms with Crippen molar-refractivity contribution in [2.45, 2.75) is 19.3 Å². The molecule has 8 aromatic carbocycles. The standard InChI is InChI=1S/C51H36N2/c1-51(2)45-26-14-13-24-43(45)49-42(25-15-27-46(49)51)40-28-29-41(39-23-12-11-22-38(39)40)47-32-48(53-50(52-47)34-18-7-4-8-19-34)44-31-36(33-16-5-3-6-17-33)30-35-20-9-10-21-37(35)44/h3-32H,1-2H3. The topological polar surface area (TPSA) is 25.8 Å². The van der Waals surface area contributed by atoms with Gasteiger partial charge in [0, 0.05) is 22.1 Å². The van der Waals surface area contributed by atoms with Crippen molar-refractivity contribution in [2.24, 2.45) is 0 Å². The van der Waals surface area contributed by atoms with Gasteiger partial charge in [-0.25, -0.2) is 9.97 Å². The van der Waals surface area contributed by atoms with Crippen molar-refractivity contribution in [3.63, 3.8) is 0 Å².